The normalized spacial score (nSPS) is 19.4. The molecule has 1 aliphatic heterocycles. The van der Waals surface area contributed by atoms with Gasteiger partial charge in [0.1, 0.15) is 6.04 Å². The lowest BCUT2D eigenvalue weighted by molar-refractivity contribution is -0.145. The second-order valence-electron chi connectivity index (χ2n) is 6.78. The SMILES string of the molecule is O=C(O)C1CCCCN1C(c1ccc(C(F)(F)F)cc1)c1ccc(Cl)cc1Cl. The summed E-state index contributed by atoms with van der Waals surface area (Å²) in [5.74, 6) is -0.957. The first-order valence-corrected chi connectivity index (χ1v) is 9.54. The maximum absolute atomic E-state index is 13.0. The van der Waals surface area contributed by atoms with Gasteiger partial charge in [-0.15, -0.1) is 0 Å². The molecule has 0 radical (unpaired) electrons. The van der Waals surface area contributed by atoms with Crippen molar-refractivity contribution in [3.05, 3.63) is 69.2 Å². The molecule has 0 spiro atoms. The van der Waals surface area contributed by atoms with Gasteiger partial charge < -0.3 is 5.11 Å². The highest BCUT2D eigenvalue weighted by molar-refractivity contribution is 6.35. The molecule has 28 heavy (non-hydrogen) atoms. The number of aliphatic carboxylic acids is 1. The number of piperidine rings is 1. The Kier molecular flexibility index (Phi) is 6.22. The van der Waals surface area contributed by atoms with Gasteiger partial charge in [0.15, 0.2) is 0 Å². The predicted molar refractivity (Wildman–Crippen MR) is 102 cm³/mol. The first kappa shape index (κ1) is 21.0. The van der Waals surface area contributed by atoms with Gasteiger partial charge in [-0.3, -0.25) is 9.69 Å². The van der Waals surface area contributed by atoms with Crippen LogP contribution >= 0.6 is 23.2 Å². The molecule has 1 saturated heterocycles. The first-order valence-electron chi connectivity index (χ1n) is 8.79. The van der Waals surface area contributed by atoms with E-state index < -0.39 is 29.8 Å². The Balaban J connectivity index is 2.10. The topological polar surface area (TPSA) is 40.5 Å². The minimum atomic E-state index is -4.44. The molecule has 2 aromatic rings. The Hall–Kier alpha value is -1.76. The minimum Gasteiger partial charge on any atom is -0.480 e. The van der Waals surface area contributed by atoms with Crippen molar-refractivity contribution in [3.63, 3.8) is 0 Å². The molecule has 2 unspecified atom stereocenters. The quantitative estimate of drug-likeness (QED) is 0.641. The molecule has 0 saturated carbocycles. The van der Waals surface area contributed by atoms with Crippen molar-refractivity contribution in [2.45, 2.75) is 37.5 Å². The van der Waals surface area contributed by atoms with E-state index >= 15 is 0 Å². The van der Waals surface area contributed by atoms with Gasteiger partial charge in [0.05, 0.1) is 11.6 Å². The molecule has 1 N–H and O–H groups in total. The summed E-state index contributed by atoms with van der Waals surface area (Å²) in [4.78, 5) is 13.6. The molecular weight excluding hydrogens is 414 g/mol. The summed E-state index contributed by atoms with van der Waals surface area (Å²) in [6.07, 6.45) is -2.40. The smallest absolute Gasteiger partial charge is 0.416 e. The number of benzene rings is 2. The summed E-state index contributed by atoms with van der Waals surface area (Å²) in [7, 11) is 0. The molecule has 1 heterocycles. The lowest BCUT2D eigenvalue weighted by atomic mass is 9.91. The lowest BCUT2D eigenvalue weighted by Crippen LogP contribution is -2.46. The summed E-state index contributed by atoms with van der Waals surface area (Å²) < 4.78 is 38.9. The number of hydrogen-bond acceptors (Lipinski definition) is 2. The summed E-state index contributed by atoms with van der Waals surface area (Å²) in [6, 6.07) is 8.33. The fraction of sp³-hybridized carbons (Fsp3) is 0.350. The molecule has 0 bridgehead atoms. The second-order valence-corrected chi connectivity index (χ2v) is 7.62. The van der Waals surface area contributed by atoms with E-state index in [0.717, 1.165) is 25.0 Å². The van der Waals surface area contributed by atoms with Crippen LogP contribution in [0.15, 0.2) is 42.5 Å². The van der Waals surface area contributed by atoms with Crippen LogP contribution < -0.4 is 0 Å². The number of alkyl halides is 3. The molecule has 2 atom stereocenters. The number of carboxylic acid groups (broad SMARTS) is 1. The van der Waals surface area contributed by atoms with Gasteiger partial charge >= 0.3 is 12.1 Å². The third kappa shape index (κ3) is 4.45. The molecule has 3 rings (SSSR count). The van der Waals surface area contributed by atoms with Crippen molar-refractivity contribution in [1.82, 2.24) is 4.90 Å². The minimum absolute atomic E-state index is 0.340. The zero-order chi connectivity index (χ0) is 20.5. The van der Waals surface area contributed by atoms with Gasteiger partial charge in [-0.25, -0.2) is 0 Å². The van der Waals surface area contributed by atoms with E-state index in [9.17, 15) is 23.1 Å². The van der Waals surface area contributed by atoms with E-state index in [1.54, 1.807) is 23.1 Å². The van der Waals surface area contributed by atoms with Crippen LogP contribution in [0.4, 0.5) is 13.2 Å². The number of hydrogen-bond donors (Lipinski definition) is 1. The number of carboxylic acids is 1. The maximum Gasteiger partial charge on any atom is 0.416 e. The van der Waals surface area contributed by atoms with Crippen LogP contribution in [0, 0.1) is 0 Å². The lowest BCUT2D eigenvalue weighted by Gasteiger charge is -2.40. The number of rotatable bonds is 4. The van der Waals surface area contributed by atoms with Crippen LogP contribution in [-0.4, -0.2) is 28.6 Å². The van der Waals surface area contributed by atoms with Crippen LogP contribution in [0.2, 0.25) is 10.0 Å². The van der Waals surface area contributed by atoms with Gasteiger partial charge in [-0.05, 0) is 54.8 Å². The van der Waals surface area contributed by atoms with E-state index in [2.05, 4.69) is 0 Å². The Bertz CT molecular complexity index is 856. The summed E-state index contributed by atoms with van der Waals surface area (Å²) in [6.45, 7) is 0.502. The average Bonchev–Trinajstić information content (AvgIpc) is 2.64. The zero-order valence-electron chi connectivity index (χ0n) is 14.7. The summed E-state index contributed by atoms with van der Waals surface area (Å²) in [5.41, 5.74) is 0.398. The van der Waals surface area contributed by atoms with Crippen LogP contribution in [0.5, 0.6) is 0 Å². The molecule has 3 nitrogen and oxygen atoms in total. The number of halogens is 5. The van der Waals surface area contributed by atoms with E-state index in [0.29, 0.717) is 34.1 Å². The zero-order valence-corrected chi connectivity index (χ0v) is 16.2. The Labute approximate surface area is 170 Å². The molecule has 2 aromatic carbocycles. The average molecular weight is 432 g/mol. The molecule has 8 heteroatoms. The van der Waals surface area contributed by atoms with E-state index in [1.165, 1.54) is 12.1 Å². The van der Waals surface area contributed by atoms with Gasteiger partial charge in [0.25, 0.3) is 0 Å². The maximum atomic E-state index is 13.0. The van der Waals surface area contributed by atoms with Crippen LogP contribution in [0.3, 0.4) is 0 Å². The molecule has 1 fully saturated rings. The number of likely N-dealkylation sites (tertiary alicyclic amines) is 1. The van der Waals surface area contributed by atoms with Gasteiger partial charge in [0, 0.05) is 10.0 Å². The third-order valence-corrected chi connectivity index (χ3v) is 5.53. The van der Waals surface area contributed by atoms with Crippen molar-refractivity contribution in [2.24, 2.45) is 0 Å². The van der Waals surface area contributed by atoms with Crippen LogP contribution in [0.25, 0.3) is 0 Å². The molecule has 0 aliphatic carbocycles. The molecule has 0 aromatic heterocycles. The van der Waals surface area contributed by atoms with Crippen LogP contribution in [0.1, 0.15) is 42.0 Å². The van der Waals surface area contributed by atoms with Crippen molar-refractivity contribution in [2.75, 3.05) is 6.54 Å². The monoisotopic (exact) mass is 431 g/mol. The Morgan fingerprint density at radius 2 is 1.79 bits per heavy atom. The second kappa shape index (κ2) is 8.31. The van der Waals surface area contributed by atoms with E-state index in [-0.39, 0.29) is 0 Å². The molecular formula is C20H18Cl2F3NO2. The van der Waals surface area contributed by atoms with Gasteiger partial charge in [0.2, 0.25) is 0 Å². The fourth-order valence-corrected chi connectivity index (χ4v) is 4.17. The van der Waals surface area contributed by atoms with Crippen molar-refractivity contribution in [3.8, 4) is 0 Å². The van der Waals surface area contributed by atoms with E-state index in [4.69, 9.17) is 23.2 Å². The first-order chi connectivity index (χ1) is 13.2. The predicted octanol–water partition coefficient (Wildman–Crippen LogP) is 6.04. The Morgan fingerprint density at radius 1 is 1.11 bits per heavy atom. The van der Waals surface area contributed by atoms with Crippen molar-refractivity contribution < 1.29 is 23.1 Å². The number of nitrogens with zero attached hydrogens (tertiary/aromatic N) is 1. The highest BCUT2D eigenvalue weighted by atomic mass is 35.5. The Morgan fingerprint density at radius 3 is 2.36 bits per heavy atom. The number of carbonyl (C=O) groups is 1. The molecule has 150 valence electrons. The van der Waals surface area contributed by atoms with Crippen molar-refractivity contribution >= 4 is 29.2 Å². The highest BCUT2D eigenvalue weighted by Crippen LogP contribution is 2.39. The van der Waals surface area contributed by atoms with Crippen LogP contribution in [-0.2, 0) is 11.0 Å². The van der Waals surface area contributed by atoms with E-state index in [1.807, 2.05) is 0 Å². The molecule has 0 amide bonds. The summed E-state index contributed by atoms with van der Waals surface area (Å²) in [5, 5.41) is 10.4. The highest BCUT2D eigenvalue weighted by Gasteiger charge is 2.36. The van der Waals surface area contributed by atoms with Crippen molar-refractivity contribution in [1.29, 1.82) is 0 Å². The summed E-state index contributed by atoms with van der Waals surface area (Å²) >= 11 is 12.4. The largest absolute Gasteiger partial charge is 0.480 e. The third-order valence-electron chi connectivity index (χ3n) is 4.97. The van der Waals surface area contributed by atoms with Gasteiger partial charge in [-0.2, -0.15) is 13.2 Å². The van der Waals surface area contributed by atoms with Gasteiger partial charge in [-0.1, -0.05) is 47.8 Å². The fourth-order valence-electron chi connectivity index (χ4n) is 3.66. The standard InChI is InChI=1S/C20H18Cl2F3NO2/c21-14-8-9-15(16(22)11-14)18(26-10-2-1-3-17(26)19(27)28)12-4-6-13(7-5-12)20(23,24)25/h4-9,11,17-18H,1-3,10H2,(H,27,28). The molecule has 1 aliphatic rings.